The van der Waals surface area contributed by atoms with Crippen molar-refractivity contribution >= 4 is 11.8 Å². The van der Waals surface area contributed by atoms with Gasteiger partial charge in [-0.3, -0.25) is 4.98 Å². The fourth-order valence-corrected chi connectivity index (χ4v) is 3.30. The Bertz CT molecular complexity index is 999. The molecule has 11 heteroatoms. The van der Waals surface area contributed by atoms with Crippen molar-refractivity contribution in [1.29, 1.82) is 0 Å². The van der Waals surface area contributed by atoms with Gasteiger partial charge in [0.25, 0.3) is 5.95 Å². The summed E-state index contributed by atoms with van der Waals surface area (Å²) in [6, 6.07) is 4.27. The number of hydrogen-bond donors (Lipinski definition) is 0. The maximum Gasteiger partial charge on any atom is 0.433 e. The molecule has 1 saturated heterocycles. The molecule has 1 aliphatic heterocycles. The van der Waals surface area contributed by atoms with Gasteiger partial charge in [-0.25, -0.2) is 9.97 Å². The molecule has 4 heterocycles. The molecule has 30 heavy (non-hydrogen) atoms. The molecule has 0 atom stereocenters. The zero-order chi connectivity index (χ0) is 21.3. The van der Waals surface area contributed by atoms with Crippen molar-refractivity contribution in [3.05, 3.63) is 42.2 Å². The molecule has 3 aromatic rings. The summed E-state index contributed by atoms with van der Waals surface area (Å²) in [5.41, 5.74) is -0.539. The fraction of sp³-hybridized carbons (Fsp3) is 0.421. The molecule has 0 aliphatic carbocycles. The molecule has 1 aliphatic rings. The molecule has 0 saturated carbocycles. The summed E-state index contributed by atoms with van der Waals surface area (Å²) in [5, 5.41) is 3.93. The van der Waals surface area contributed by atoms with E-state index < -0.39 is 11.9 Å². The lowest BCUT2D eigenvalue weighted by atomic mass is 9.97. The first kappa shape index (κ1) is 20.0. The second-order valence-corrected chi connectivity index (χ2v) is 7.26. The molecule has 0 amide bonds. The minimum atomic E-state index is -4.57. The highest BCUT2D eigenvalue weighted by atomic mass is 19.4. The van der Waals surface area contributed by atoms with Crippen LogP contribution in [-0.2, 0) is 6.18 Å². The van der Waals surface area contributed by atoms with Crippen LogP contribution in [-0.4, -0.2) is 52.3 Å². The number of rotatable bonds is 4. The van der Waals surface area contributed by atoms with Gasteiger partial charge in [0.15, 0.2) is 11.5 Å². The third-order valence-electron chi connectivity index (χ3n) is 4.92. The van der Waals surface area contributed by atoms with Crippen LogP contribution in [0.4, 0.5) is 24.9 Å². The zero-order valence-electron chi connectivity index (χ0n) is 16.5. The van der Waals surface area contributed by atoms with E-state index in [1.807, 2.05) is 19.0 Å². The maximum absolute atomic E-state index is 13.4. The molecule has 0 radical (unpaired) electrons. The highest BCUT2D eigenvalue weighted by Gasteiger charge is 2.35. The van der Waals surface area contributed by atoms with Crippen molar-refractivity contribution in [2.75, 3.05) is 37.0 Å². The molecular formula is C19H20F3N7O. The summed E-state index contributed by atoms with van der Waals surface area (Å²) in [6.07, 6.45) is -0.240. The lowest BCUT2D eigenvalue weighted by Crippen LogP contribution is -2.34. The predicted molar refractivity (Wildman–Crippen MR) is 103 cm³/mol. The molecule has 158 valence electrons. The van der Waals surface area contributed by atoms with Crippen molar-refractivity contribution < 1.29 is 17.7 Å². The average molecular weight is 419 g/mol. The average Bonchev–Trinajstić information content (AvgIpc) is 3.24. The Morgan fingerprint density at radius 1 is 1.13 bits per heavy atom. The molecule has 3 aromatic heterocycles. The van der Waals surface area contributed by atoms with E-state index in [1.165, 1.54) is 6.20 Å². The van der Waals surface area contributed by atoms with Gasteiger partial charge in [-0.15, -0.1) is 0 Å². The molecule has 0 spiro atoms. The minimum absolute atomic E-state index is 0.00238. The second kappa shape index (κ2) is 7.88. The van der Waals surface area contributed by atoms with Crippen molar-refractivity contribution in [3.63, 3.8) is 0 Å². The molecule has 0 aromatic carbocycles. The van der Waals surface area contributed by atoms with Crippen LogP contribution in [0.15, 0.2) is 35.1 Å². The summed E-state index contributed by atoms with van der Waals surface area (Å²) in [7, 11) is 3.65. The number of anilines is 2. The second-order valence-electron chi connectivity index (χ2n) is 7.26. The number of halogens is 3. The first-order valence-electron chi connectivity index (χ1n) is 9.44. The fourth-order valence-electron chi connectivity index (χ4n) is 3.30. The van der Waals surface area contributed by atoms with Gasteiger partial charge in [0, 0.05) is 57.1 Å². The van der Waals surface area contributed by atoms with Crippen LogP contribution in [0, 0.1) is 0 Å². The standard InChI is InChI=1S/C19H20F3N7O/c1-28(2)18-26-17(30-27-18)12-5-8-29(9-6-12)15-10-14(19(20,21)22)24-16(25-15)13-4-3-7-23-11-13/h3-4,7,10-12H,5-6,8-9H2,1-2H3. The minimum Gasteiger partial charge on any atom is -0.356 e. The van der Waals surface area contributed by atoms with Crippen LogP contribution in [0.25, 0.3) is 11.4 Å². The van der Waals surface area contributed by atoms with E-state index in [9.17, 15) is 13.2 Å². The first-order chi connectivity index (χ1) is 14.3. The topological polar surface area (TPSA) is 84.1 Å². The number of pyridine rings is 1. The van der Waals surface area contributed by atoms with Crippen LogP contribution >= 0.6 is 0 Å². The molecule has 0 bridgehead atoms. The van der Waals surface area contributed by atoms with E-state index in [0.717, 1.165) is 6.07 Å². The SMILES string of the molecule is CN(C)c1noc(C2CCN(c3cc(C(F)(F)F)nc(-c4cccnc4)n3)CC2)n1. The largest absolute Gasteiger partial charge is 0.433 e. The summed E-state index contributed by atoms with van der Waals surface area (Å²) in [4.78, 5) is 20.0. The summed E-state index contributed by atoms with van der Waals surface area (Å²) < 4.78 is 45.6. The molecular weight excluding hydrogens is 399 g/mol. The van der Waals surface area contributed by atoms with Crippen LogP contribution < -0.4 is 9.80 Å². The molecule has 4 rings (SSSR count). The number of hydrogen-bond acceptors (Lipinski definition) is 8. The monoisotopic (exact) mass is 419 g/mol. The van der Waals surface area contributed by atoms with Gasteiger partial charge in [-0.2, -0.15) is 18.2 Å². The van der Waals surface area contributed by atoms with E-state index in [0.29, 0.717) is 43.3 Å². The van der Waals surface area contributed by atoms with Crippen molar-refractivity contribution in [2.45, 2.75) is 24.9 Å². The van der Waals surface area contributed by atoms with E-state index in [2.05, 4.69) is 25.1 Å². The summed E-state index contributed by atoms with van der Waals surface area (Å²) in [6.45, 7) is 1.04. The molecule has 1 fully saturated rings. The lowest BCUT2D eigenvalue weighted by molar-refractivity contribution is -0.141. The van der Waals surface area contributed by atoms with Gasteiger partial charge in [-0.05, 0) is 30.1 Å². The van der Waals surface area contributed by atoms with Crippen molar-refractivity contribution in [2.24, 2.45) is 0 Å². The van der Waals surface area contributed by atoms with Gasteiger partial charge in [0.2, 0.25) is 5.89 Å². The maximum atomic E-state index is 13.4. The van der Waals surface area contributed by atoms with Crippen LogP contribution in [0.3, 0.4) is 0 Å². The highest BCUT2D eigenvalue weighted by Crippen LogP contribution is 2.34. The summed E-state index contributed by atoms with van der Waals surface area (Å²) >= 11 is 0. The van der Waals surface area contributed by atoms with Crippen molar-refractivity contribution in [3.8, 4) is 11.4 Å². The Labute approximate surface area is 170 Å². The van der Waals surface area contributed by atoms with E-state index in [4.69, 9.17) is 4.52 Å². The van der Waals surface area contributed by atoms with Crippen molar-refractivity contribution in [1.82, 2.24) is 25.1 Å². The Morgan fingerprint density at radius 3 is 2.50 bits per heavy atom. The smallest absolute Gasteiger partial charge is 0.356 e. The Morgan fingerprint density at radius 2 is 1.90 bits per heavy atom. The van der Waals surface area contributed by atoms with Gasteiger partial charge in [-0.1, -0.05) is 0 Å². The third-order valence-corrected chi connectivity index (χ3v) is 4.92. The number of aromatic nitrogens is 5. The lowest BCUT2D eigenvalue weighted by Gasteiger charge is -2.31. The van der Waals surface area contributed by atoms with E-state index >= 15 is 0 Å². The van der Waals surface area contributed by atoms with E-state index in [-0.39, 0.29) is 17.6 Å². The third kappa shape index (κ3) is 4.19. The van der Waals surface area contributed by atoms with Crippen LogP contribution in [0.1, 0.15) is 30.3 Å². The number of piperidine rings is 1. The molecule has 0 N–H and O–H groups in total. The van der Waals surface area contributed by atoms with Crippen LogP contribution in [0.2, 0.25) is 0 Å². The van der Waals surface area contributed by atoms with Crippen LogP contribution in [0.5, 0.6) is 0 Å². The normalized spacial score (nSPS) is 15.4. The Kier molecular flexibility index (Phi) is 5.27. The van der Waals surface area contributed by atoms with E-state index in [1.54, 1.807) is 23.2 Å². The molecule has 8 nitrogen and oxygen atoms in total. The number of alkyl halides is 3. The van der Waals surface area contributed by atoms with Gasteiger partial charge >= 0.3 is 6.18 Å². The Hall–Kier alpha value is -3.24. The van der Waals surface area contributed by atoms with Gasteiger partial charge in [0.1, 0.15) is 5.82 Å². The highest BCUT2D eigenvalue weighted by molar-refractivity contribution is 5.57. The predicted octanol–water partition coefficient (Wildman–Crippen LogP) is 3.39. The van der Waals surface area contributed by atoms with Gasteiger partial charge in [0.05, 0.1) is 0 Å². The molecule has 0 unspecified atom stereocenters. The summed E-state index contributed by atoms with van der Waals surface area (Å²) in [5.74, 6) is 1.35. The first-order valence-corrected chi connectivity index (χ1v) is 9.44. The Balaban J connectivity index is 1.56. The number of nitrogens with zero attached hydrogens (tertiary/aromatic N) is 7. The zero-order valence-corrected chi connectivity index (χ0v) is 16.5. The quantitative estimate of drug-likeness (QED) is 0.636. The van der Waals surface area contributed by atoms with Gasteiger partial charge < -0.3 is 14.3 Å².